The average Bonchev–Trinajstić information content (AvgIpc) is 3.09. The molecule has 6 nitrogen and oxygen atoms in total. The van der Waals surface area contributed by atoms with Gasteiger partial charge in [0.15, 0.2) is 0 Å². The minimum absolute atomic E-state index is 0.122. The number of hydrogen-bond acceptors (Lipinski definition) is 3. The maximum Gasteiger partial charge on any atom is 0.327 e. The van der Waals surface area contributed by atoms with Gasteiger partial charge >= 0.3 is 6.03 Å². The molecule has 1 saturated carbocycles. The van der Waals surface area contributed by atoms with Crippen molar-refractivity contribution in [3.05, 3.63) is 0 Å². The lowest BCUT2D eigenvalue weighted by Crippen LogP contribution is -2.56. The maximum atomic E-state index is 12.4. The summed E-state index contributed by atoms with van der Waals surface area (Å²) in [4.78, 5) is 41.5. The van der Waals surface area contributed by atoms with Crippen LogP contribution in [0.5, 0.6) is 0 Å². The molecule has 0 radical (unpaired) electrons. The lowest BCUT2D eigenvalue weighted by atomic mass is 9.85. The topological polar surface area (TPSA) is 60.9 Å². The van der Waals surface area contributed by atoms with Crippen LogP contribution in [0.15, 0.2) is 0 Å². The van der Waals surface area contributed by atoms with Crippen LogP contribution in [0.25, 0.3) is 0 Å². The Morgan fingerprint density at radius 3 is 2.14 bits per heavy atom. The zero-order valence-corrected chi connectivity index (χ0v) is 12.8. The third-order valence-corrected chi connectivity index (χ3v) is 5.53. The molecule has 0 unspecified atom stereocenters. The van der Waals surface area contributed by atoms with E-state index in [-0.39, 0.29) is 23.8 Å². The van der Waals surface area contributed by atoms with Gasteiger partial charge in [0.2, 0.25) is 5.91 Å². The number of nitrogens with zero attached hydrogens (tertiary/aromatic N) is 3. The number of rotatable bonds is 1. The quantitative estimate of drug-likeness (QED) is 0.679. The number of urea groups is 1. The van der Waals surface area contributed by atoms with Crippen LogP contribution < -0.4 is 0 Å². The van der Waals surface area contributed by atoms with Gasteiger partial charge in [-0.15, -0.1) is 0 Å². The van der Waals surface area contributed by atoms with Gasteiger partial charge in [0.1, 0.15) is 5.54 Å². The van der Waals surface area contributed by atoms with Crippen molar-refractivity contribution in [2.45, 2.75) is 44.1 Å². The summed E-state index contributed by atoms with van der Waals surface area (Å²) in [6.07, 6.45) is 5.40. The molecule has 0 atom stereocenters. The third kappa shape index (κ3) is 2.03. The van der Waals surface area contributed by atoms with E-state index in [1.165, 1.54) is 11.9 Å². The summed E-state index contributed by atoms with van der Waals surface area (Å²) in [6, 6.07) is -0.240. The van der Waals surface area contributed by atoms with Crippen LogP contribution in [0.2, 0.25) is 0 Å². The minimum atomic E-state index is -0.724. The Bertz CT molecular complexity index is 477. The van der Waals surface area contributed by atoms with Crippen molar-refractivity contribution in [2.75, 3.05) is 27.2 Å². The number of carbonyl (C=O) groups excluding carboxylic acids is 3. The predicted molar refractivity (Wildman–Crippen MR) is 76.4 cm³/mol. The molecule has 2 heterocycles. The number of likely N-dealkylation sites (N-methyl/N-ethyl adjacent to an activating group) is 2. The Labute approximate surface area is 125 Å². The molecule has 3 aliphatic rings. The van der Waals surface area contributed by atoms with Crippen LogP contribution in [0, 0.1) is 5.92 Å². The van der Waals surface area contributed by atoms with Crippen molar-refractivity contribution in [3.63, 3.8) is 0 Å². The molecule has 21 heavy (non-hydrogen) atoms. The smallest absolute Gasteiger partial charge is 0.327 e. The van der Waals surface area contributed by atoms with Gasteiger partial charge in [-0.1, -0.05) is 12.8 Å². The number of likely N-dealkylation sites (tertiary alicyclic amines) is 1. The molecule has 0 aromatic rings. The van der Waals surface area contributed by atoms with E-state index in [1.54, 1.807) is 11.9 Å². The van der Waals surface area contributed by atoms with Gasteiger partial charge in [-0.05, 0) is 25.7 Å². The fraction of sp³-hybridized carbons (Fsp3) is 0.800. The molecule has 0 bridgehead atoms. The van der Waals surface area contributed by atoms with Crippen molar-refractivity contribution in [3.8, 4) is 0 Å². The molecule has 2 aliphatic heterocycles. The fourth-order valence-electron chi connectivity index (χ4n) is 4.03. The van der Waals surface area contributed by atoms with E-state index in [0.717, 1.165) is 25.7 Å². The number of imide groups is 1. The summed E-state index contributed by atoms with van der Waals surface area (Å²) in [5, 5.41) is 0. The molecule has 0 N–H and O–H groups in total. The summed E-state index contributed by atoms with van der Waals surface area (Å²) >= 11 is 0. The zero-order chi connectivity index (χ0) is 15.2. The van der Waals surface area contributed by atoms with Gasteiger partial charge < -0.3 is 9.80 Å². The third-order valence-electron chi connectivity index (χ3n) is 5.53. The molecular weight excluding hydrogens is 270 g/mol. The molecule has 3 fully saturated rings. The highest BCUT2D eigenvalue weighted by molar-refractivity contribution is 6.06. The first kappa shape index (κ1) is 14.4. The van der Waals surface area contributed by atoms with E-state index < -0.39 is 5.54 Å². The maximum absolute atomic E-state index is 12.4. The summed E-state index contributed by atoms with van der Waals surface area (Å²) in [6.45, 7) is 1.15. The largest absolute Gasteiger partial charge is 0.342 e. The van der Waals surface area contributed by atoms with E-state index in [9.17, 15) is 14.4 Å². The Balaban J connectivity index is 1.68. The van der Waals surface area contributed by atoms with Crippen LogP contribution in [0.4, 0.5) is 4.79 Å². The van der Waals surface area contributed by atoms with Crippen LogP contribution in [0.1, 0.15) is 38.5 Å². The molecule has 4 amide bonds. The second kappa shape index (κ2) is 5.00. The Morgan fingerprint density at radius 2 is 1.67 bits per heavy atom. The van der Waals surface area contributed by atoms with Crippen molar-refractivity contribution in [2.24, 2.45) is 5.92 Å². The molecule has 0 aromatic carbocycles. The summed E-state index contributed by atoms with van der Waals surface area (Å²) in [5.41, 5.74) is -0.724. The highest BCUT2D eigenvalue weighted by Gasteiger charge is 2.55. The van der Waals surface area contributed by atoms with Gasteiger partial charge in [0, 0.05) is 33.1 Å². The second-order valence-corrected chi connectivity index (χ2v) is 6.54. The Hall–Kier alpha value is -1.59. The molecule has 1 aliphatic carbocycles. The van der Waals surface area contributed by atoms with Crippen LogP contribution in [-0.2, 0) is 9.59 Å². The molecule has 116 valence electrons. The summed E-state index contributed by atoms with van der Waals surface area (Å²) in [7, 11) is 3.23. The van der Waals surface area contributed by atoms with E-state index in [4.69, 9.17) is 0 Å². The van der Waals surface area contributed by atoms with Gasteiger partial charge in [-0.3, -0.25) is 14.5 Å². The number of piperidine rings is 1. The van der Waals surface area contributed by atoms with Gasteiger partial charge in [-0.25, -0.2) is 4.79 Å². The van der Waals surface area contributed by atoms with Gasteiger partial charge in [0.25, 0.3) is 5.91 Å². The zero-order valence-electron chi connectivity index (χ0n) is 12.8. The standard InChI is InChI=1S/C15H23N3O3/c1-16-13(20)15(17(2)14(16)21)7-9-18(10-8-15)12(19)11-5-3-4-6-11/h11H,3-10H2,1-2H3. The first-order valence-electron chi connectivity index (χ1n) is 7.82. The Kier molecular flexibility index (Phi) is 3.42. The van der Waals surface area contributed by atoms with Gasteiger partial charge in [-0.2, -0.15) is 0 Å². The van der Waals surface area contributed by atoms with Crippen LogP contribution in [-0.4, -0.2) is 65.3 Å². The van der Waals surface area contributed by atoms with Crippen LogP contribution in [0.3, 0.4) is 0 Å². The summed E-state index contributed by atoms with van der Waals surface area (Å²) in [5.74, 6) is 0.304. The first-order chi connectivity index (χ1) is 9.97. The molecule has 3 rings (SSSR count). The molecule has 0 aromatic heterocycles. The average molecular weight is 293 g/mol. The number of carbonyl (C=O) groups is 3. The predicted octanol–water partition coefficient (Wildman–Crippen LogP) is 1.06. The first-order valence-corrected chi connectivity index (χ1v) is 7.82. The summed E-state index contributed by atoms with van der Waals surface area (Å²) < 4.78 is 0. The van der Waals surface area contributed by atoms with Crippen molar-refractivity contribution in [1.82, 2.24) is 14.7 Å². The van der Waals surface area contributed by atoms with Crippen molar-refractivity contribution in [1.29, 1.82) is 0 Å². The lowest BCUT2D eigenvalue weighted by Gasteiger charge is -2.41. The monoisotopic (exact) mass is 293 g/mol. The lowest BCUT2D eigenvalue weighted by molar-refractivity contribution is -0.142. The molecule has 6 heteroatoms. The van der Waals surface area contributed by atoms with E-state index >= 15 is 0 Å². The highest BCUT2D eigenvalue weighted by atomic mass is 16.2. The second-order valence-electron chi connectivity index (χ2n) is 6.54. The van der Waals surface area contributed by atoms with Gasteiger partial charge in [0.05, 0.1) is 0 Å². The van der Waals surface area contributed by atoms with Crippen LogP contribution >= 0.6 is 0 Å². The van der Waals surface area contributed by atoms with Crippen molar-refractivity contribution < 1.29 is 14.4 Å². The fourth-order valence-corrected chi connectivity index (χ4v) is 4.03. The molecule has 1 spiro atoms. The van der Waals surface area contributed by atoms with E-state index in [2.05, 4.69) is 0 Å². The van der Waals surface area contributed by atoms with E-state index in [0.29, 0.717) is 25.9 Å². The highest BCUT2D eigenvalue weighted by Crippen LogP contribution is 2.36. The van der Waals surface area contributed by atoms with E-state index in [1.807, 2.05) is 4.90 Å². The Morgan fingerprint density at radius 1 is 1.10 bits per heavy atom. The minimum Gasteiger partial charge on any atom is -0.342 e. The number of amides is 4. The molecular formula is C15H23N3O3. The molecule has 2 saturated heterocycles. The van der Waals surface area contributed by atoms with Crippen molar-refractivity contribution >= 4 is 17.8 Å². The SMILES string of the molecule is CN1C(=O)N(C)C2(CCN(C(=O)C3CCCC3)CC2)C1=O. The normalized spacial score (nSPS) is 26.3. The number of hydrogen-bond donors (Lipinski definition) is 0.